The third-order valence-electron chi connectivity index (χ3n) is 5.41. The number of nitrogens with zero attached hydrogens (tertiary/aromatic N) is 1. The Morgan fingerprint density at radius 1 is 1.24 bits per heavy atom. The maximum absolute atomic E-state index is 13.0. The number of nitrogens with one attached hydrogen (secondary N) is 1. The molecule has 2 aromatic rings. The maximum atomic E-state index is 13.0. The topological polar surface area (TPSA) is 52.6 Å². The van der Waals surface area contributed by atoms with E-state index in [0.717, 1.165) is 61.4 Å². The molecular weight excluding hydrogens is 332 g/mol. The third kappa shape index (κ3) is 3.31. The number of amides is 1. The highest BCUT2D eigenvalue weighted by Crippen LogP contribution is 2.34. The molecular formula is C20H24N2O2S. The second-order valence-electron chi connectivity index (χ2n) is 6.96. The van der Waals surface area contributed by atoms with Gasteiger partial charge >= 0.3 is 0 Å². The van der Waals surface area contributed by atoms with Crippen molar-refractivity contribution in [2.24, 2.45) is 5.92 Å². The predicted octanol–water partition coefficient (Wildman–Crippen LogP) is 3.69. The Kier molecular flexibility index (Phi) is 4.77. The van der Waals surface area contributed by atoms with Gasteiger partial charge < -0.3 is 15.3 Å². The molecule has 1 atom stereocenters. The molecule has 132 valence electrons. The van der Waals surface area contributed by atoms with E-state index in [9.17, 15) is 9.90 Å². The van der Waals surface area contributed by atoms with Crippen LogP contribution in [0.3, 0.4) is 0 Å². The number of aliphatic hydroxyl groups is 1. The van der Waals surface area contributed by atoms with E-state index in [4.69, 9.17) is 0 Å². The van der Waals surface area contributed by atoms with E-state index >= 15 is 0 Å². The third-order valence-corrected chi connectivity index (χ3v) is 6.36. The largest absolute Gasteiger partial charge is 0.387 e. The second-order valence-corrected chi connectivity index (χ2v) is 7.94. The molecule has 3 heterocycles. The zero-order valence-corrected chi connectivity index (χ0v) is 15.1. The molecule has 1 fully saturated rings. The summed E-state index contributed by atoms with van der Waals surface area (Å²) in [7, 11) is 0. The summed E-state index contributed by atoms with van der Waals surface area (Å²) in [6.07, 6.45) is 3.47. The highest BCUT2D eigenvalue weighted by molar-refractivity contribution is 7.10. The van der Waals surface area contributed by atoms with Crippen molar-refractivity contribution in [3.05, 3.63) is 51.7 Å². The van der Waals surface area contributed by atoms with Crippen molar-refractivity contribution < 1.29 is 9.90 Å². The number of aliphatic hydroxyl groups excluding tert-OH is 1. The SMILES string of the molecule is O=C(c1cccc2c1NCCC2)N1CCC(C(O)c2cccs2)CC1. The van der Waals surface area contributed by atoms with Gasteiger partial charge in [0, 0.05) is 24.5 Å². The van der Waals surface area contributed by atoms with E-state index in [-0.39, 0.29) is 11.8 Å². The fraction of sp³-hybridized carbons (Fsp3) is 0.450. The number of likely N-dealkylation sites (tertiary alicyclic amines) is 1. The van der Waals surface area contributed by atoms with Gasteiger partial charge in [-0.05, 0) is 54.7 Å². The summed E-state index contributed by atoms with van der Waals surface area (Å²) in [6.45, 7) is 2.37. The summed E-state index contributed by atoms with van der Waals surface area (Å²) in [4.78, 5) is 16.0. The molecule has 2 N–H and O–H groups in total. The summed E-state index contributed by atoms with van der Waals surface area (Å²) in [5.41, 5.74) is 3.08. The van der Waals surface area contributed by atoms with Crippen molar-refractivity contribution in [1.82, 2.24) is 4.90 Å². The number of aryl methyl sites for hydroxylation is 1. The van der Waals surface area contributed by atoms with Gasteiger partial charge in [0.05, 0.1) is 17.4 Å². The molecule has 1 amide bonds. The number of anilines is 1. The minimum absolute atomic E-state index is 0.121. The average Bonchev–Trinajstić information content (AvgIpc) is 3.21. The van der Waals surface area contributed by atoms with Crippen molar-refractivity contribution in [3.8, 4) is 0 Å². The second kappa shape index (κ2) is 7.18. The average molecular weight is 356 g/mol. The van der Waals surface area contributed by atoms with Gasteiger partial charge in [-0.15, -0.1) is 11.3 Å². The van der Waals surface area contributed by atoms with E-state index < -0.39 is 6.10 Å². The van der Waals surface area contributed by atoms with Crippen molar-refractivity contribution in [2.75, 3.05) is 25.0 Å². The molecule has 1 aromatic carbocycles. The Hall–Kier alpha value is -1.85. The molecule has 0 spiro atoms. The monoisotopic (exact) mass is 356 g/mol. The lowest BCUT2D eigenvalue weighted by Crippen LogP contribution is -2.40. The lowest BCUT2D eigenvalue weighted by atomic mass is 9.90. The van der Waals surface area contributed by atoms with Gasteiger partial charge in [0.1, 0.15) is 0 Å². The van der Waals surface area contributed by atoms with Gasteiger partial charge in [0.2, 0.25) is 0 Å². The lowest BCUT2D eigenvalue weighted by Gasteiger charge is -2.34. The van der Waals surface area contributed by atoms with Gasteiger partial charge in [0.15, 0.2) is 0 Å². The molecule has 0 bridgehead atoms. The van der Waals surface area contributed by atoms with Crippen LogP contribution < -0.4 is 5.32 Å². The molecule has 4 rings (SSSR count). The zero-order chi connectivity index (χ0) is 17.2. The van der Waals surface area contributed by atoms with Crippen LogP contribution in [-0.4, -0.2) is 35.5 Å². The van der Waals surface area contributed by atoms with Crippen LogP contribution in [0, 0.1) is 5.92 Å². The van der Waals surface area contributed by atoms with E-state index in [2.05, 4.69) is 11.4 Å². The van der Waals surface area contributed by atoms with Crippen LogP contribution in [0.5, 0.6) is 0 Å². The van der Waals surface area contributed by atoms with Crippen molar-refractivity contribution in [1.29, 1.82) is 0 Å². The minimum atomic E-state index is -0.400. The van der Waals surface area contributed by atoms with Crippen LogP contribution in [0.25, 0.3) is 0 Å². The Bertz CT molecular complexity index is 736. The minimum Gasteiger partial charge on any atom is -0.387 e. The molecule has 1 unspecified atom stereocenters. The number of fused-ring (bicyclic) bond motifs is 1. The molecule has 0 radical (unpaired) electrons. The van der Waals surface area contributed by atoms with E-state index in [1.54, 1.807) is 11.3 Å². The summed E-state index contributed by atoms with van der Waals surface area (Å²) in [5.74, 6) is 0.362. The van der Waals surface area contributed by atoms with Gasteiger partial charge in [-0.25, -0.2) is 0 Å². The number of carbonyl (C=O) groups is 1. The fourth-order valence-corrected chi connectivity index (χ4v) is 4.77. The van der Waals surface area contributed by atoms with Crippen LogP contribution in [0.1, 0.15) is 46.2 Å². The quantitative estimate of drug-likeness (QED) is 0.882. The van der Waals surface area contributed by atoms with Gasteiger partial charge in [0.25, 0.3) is 5.91 Å². The van der Waals surface area contributed by atoms with E-state index in [1.807, 2.05) is 34.5 Å². The van der Waals surface area contributed by atoms with Gasteiger partial charge in [-0.1, -0.05) is 18.2 Å². The molecule has 25 heavy (non-hydrogen) atoms. The number of para-hydroxylation sites is 1. The zero-order valence-electron chi connectivity index (χ0n) is 14.3. The number of benzene rings is 1. The first-order valence-corrected chi connectivity index (χ1v) is 9.98. The predicted molar refractivity (Wildman–Crippen MR) is 101 cm³/mol. The van der Waals surface area contributed by atoms with Crippen molar-refractivity contribution in [2.45, 2.75) is 31.8 Å². The number of piperidine rings is 1. The van der Waals surface area contributed by atoms with E-state index in [1.165, 1.54) is 5.56 Å². The molecule has 0 saturated carbocycles. The Balaban J connectivity index is 1.44. The molecule has 1 aromatic heterocycles. The van der Waals surface area contributed by atoms with Crippen LogP contribution in [0.15, 0.2) is 35.7 Å². The fourth-order valence-electron chi connectivity index (χ4n) is 3.97. The molecule has 0 aliphatic carbocycles. The first-order valence-electron chi connectivity index (χ1n) is 9.10. The highest BCUT2D eigenvalue weighted by Gasteiger charge is 2.30. The number of hydrogen-bond acceptors (Lipinski definition) is 4. The summed E-state index contributed by atoms with van der Waals surface area (Å²) in [5, 5.41) is 15.9. The van der Waals surface area contributed by atoms with Crippen molar-refractivity contribution in [3.63, 3.8) is 0 Å². The van der Waals surface area contributed by atoms with Crippen molar-refractivity contribution >= 4 is 22.9 Å². The molecule has 4 nitrogen and oxygen atoms in total. The highest BCUT2D eigenvalue weighted by atomic mass is 32.1. The molecule has 5 heteroatoms. The first-order chi connectivity index (χ1) is 12.2. The Morgan fingerprint density at radius 3 is 2.84 bits per heavy atom. The van der Waals surface area contributed by atoms with E-state index in [0.29, 0.717) is 0 Å². The van der Waals surface area contributed by atoms with Gasteiger partial charge in [-0.3, -0.25) is 4.79 Å². The number of hydrogen-bond donors (Lipinski definition) is 2. The Labute approximate surface area is 152 Å². The first kappa shape index (κ1) is 16.6. The van der Waals surface area contributed by atoms with Crippen LogP contribution >= 0.6 is 11.3 Å². The number of thiophene rings is 1. The summed E-state index contributed by atoms with van der Waals surface area (Å²) >= 11 is 1.61. The summed E-state index contributed by atoms with van der Waals surface area (Å²) in [6, 6.07) is 10.0. The molecule has 1 saturated heterocycles. The standard InChI is InChI=1S/C20H24N2O2S/c23-19(17-7-3-13-25-17)15-8-11-22(12-9-15)20(24)16-6-1-4-14-5-2-10-21-18(14)16/h1,3-4,6-7,13,15,19,21,23H,2,5,8-12H2. The smallest absolute Gasteiger partial charge is 0.255 e. The normalized spacial score (nSPS) is 19.2. The van der Waals surface area contributed by atoms with Crippen LogP contribution in [-0.2, 0) is 6.42 Å². The maximum Gasteiger partial charge on any atom is 0.255 e. The van der Waals surface area contributed by atoms with Crippen LogP contribution in [0.4, 0.5) is 5.69 Å². The number of rotatable bonds is 3. The molecule has 2 aliphatic heterocycles. The molecule has 2 aliphatic rings. The van der Waals surface area contributed by atoms with Gasteiger partial charge in [-0.2, -0.15) is 0 Å². The number of carbonyl (C=O) groups excluding carboxylic acids is 1. The Morgan fingerprint density at radius 2 is 2.08 bits per heavy atom. The lowest BCUT2D eigenvalue weighted by molar-refractivity contribution is 0.0474. The van der Waals surface area contributed by atoms with Crippen LogP contribution in [0.2, 0.25) is 0 Å². The summed E-state index contributed by atoms with van der Waals surface area (Å²) < 4.78 is 0.